The maximum atomic E-state index is 5.69. The highest BCUT2D eigenvalue weighted by Crippen LogP contribution is 2.40. The monoisotopic (exact) mass is 232 g/mol. The standard InChI is InChI=1S/C13H16N2S/c14-15-12(7-9-5-6-9)11-8-16-13-4-2-1-3-10(11)13/h1-4,8-9,12,15H,5-7,14H2. The molecule has 2 nitrogen and oxygen atoms in total. The van der Waals surface area contributed by atoms with E-state index in [1.54, 1.807) is 0 Å². The number of rotatable bonds is 4. The van der Waals surface area contributed by atoms with Crippen LogP contribution in [-0.2, 0) is 0 Å². The molecule has 3 heteroatoms. The summed E-state index contributed by atoms with van der Waals surface area (Å²) in [6, 6.07) is 8.88. The van der Waals surface area contributed by atoms with Gasteiger partial charge < -0.3 is 0 Å². The van der Waals surface area contributed by atoms with Crippen LogP contribution in [0.3, 0.4) is 0 Å². The Kier molecular flexibility index (Phi) is 2.67. The summed E-state index contributed by atoms with van der Waals surface area (Å²) in [4.78, 5) is 0. The number of thiophene rings is 1. The maximum absolute atomic E-state index is 5.69. The minimum absolute atomic E-state index is 0.323. The summed E-state index contributed by atoms with van der Waals surface area (Å²) in [6.07, 6.45) is 3.93. The van der Waals surface area contributed by atoms with E-state index in [1.807, 2.05) is 11.3 Å². The molecule has 2 aromatic rings. The number of hydrogen-bond donors (Lipinski definition) is 2. The van der Waals surface area contributed by atoms with Crippen LogP contribution in [0.15, 0.2) is 29.6 Å². The summed E-state index contributed by atoms with van der Waals surface area (Å²) in [5, 5.41) is 3.61. The lowest BCUT2D eigenvalue weighted by atomic mass is 10.0. The predicted octanol–water partition coefficient (Wildman–Crippen LogP) is 3.21. The van der Waals surface area contributed by atoms with Crippen molar-refractivity contribution in [2.45, 2.75) is 25.3 Å². The lowest BCUT2D eigenvalue weighted by Gasteiger charge is -2.14. The van der Waals surface area contributed by atoms with Gasteiger partial charge in [-0.3, -0.25) is 11.3 Å². The molecule has 1 unspecified atom stereocenters. The average molecular weight is 232 g/mol. The zero-order valence-corrected chi connectivity index (χ0v) is 9.96. The summed E-state index contributed by atoms with van der Waals surface area (Å²) in [5.74, 6) is 6.57. The van der Waals surface area contributed by atoms with E-state index in [0.717, 1.165) is 5.92 Å². The molecule has 0 bridgehead atoms. The van der Waals surface area contributed by atoms with Gasteiger partial charge in [-0.25, -0.2) is 0 Å². The molecule has 1 aromatic carbocycles. The molecule has 16 heavy (non-hydrogen) atoms. The molecule has 0 amide bonds. The SMILES string of the molecule is NNC(CC1CC1)c1csc2ccccc12. The molecule has 1 fully saturated rings. The van der Waals surface area contributed by atoms with Gasteiger partial charge in [-0.05, 0) is 34.7 Å². The second kappa shape index (κ2) is 4.17. The van der Waals surface area contributed by atoms with Gasteiger partial charge in [0, 0.05) is 10.7 Å². The van der Waals surface area contributed by atoms with Crippen molar-refractivity contribution in [3.05, 3.63) is 35.2 Å². The lowest BCUT2D eigenvalue weighted by molar-refractivity contribution is 0.491. The van der Waals surface area contributed by atoms with E-state index in [9.17, 15) is 0 Å². The summed E-state index contributed by atoms with van der Waals surface area (Å²) in [7, 11) is 0. The van der Waals surface area contributed by atoms with Gasteiger partial charge in [0.2, 0.25) is 0 Å². The minimum atomic E-state index is 0.323. The molecule has 3 N–H and O–H groups in total. The smallest absolute Gasteiger partial charge is 0.0477 e. The van der Waals surface area contributed by atoms with Crippen LogP contribution in [0, 0.1) is 5.92 Å². The third-order valence-electron chi connectivity index (χ3n) is 3.35. The van der Waals surface area contributed by atoms with Gasteiger partial charge in [-0.15, -0.1) is 11.3 Å². The van der Waals surface area contributed by atoms with Crippen LogP contribution in [0.1, 0.15) is 30.9 Å². The van der Waals surface area contributed by atoms with E-state index in [4.69, 9.17) is 5.84 Å². The molecule has 1 aliphatic rings. The van der Waals surface area contributed by atoms with Crippen molar-refractivity contribution < 1.29 is 0 Å². The van der Waals surface area contributed by atoms with Gasteiger partial charge >= 0.3 is 0 Å². The molecule has 0 saturated heterocycles. The zero-order chi connectivity index (χ0) is 11.0. The number of benzene rings is 1. The molecule has 1 heterocycles. The first-order valence-electron chi connectivity index (χ1n) is 5.80. The number of hydrazine groups is 1. The summed E-state index contributed by atoms with van der Waals surface area (Å²) >= 11 is 1.81. The summed E-state index contributed by atoms with van der Waals surface area (Å²) < 4.78 is 1.36. The fourth-order valence-corrected chi connectivity index (χ4v) is 3.26. The number of nitrogens with one attached hydrogen (secondary N) is 1. The van der Waals surface area contributed by atoms with Gasteiger partial charge in [-0.1, -0.05) is 31.0 Å². The molecule has 3 rings (SSSR count). The topological polar surface area (TPSA) is 38.0 Å². The largest absolute Gasteiger partial charge is 0.271 e. The second-order valence-corrected chi connectivity index (χ2v) is 5.50. The van der Waals surface area contributed by atoms with E-state index in [1.165, 1.54) is 34.9 Å². The Hall–Kier alpha value is -0.900. The number of hydrogen-bond acceptors (Lipinski definition) is 3. The van der Waals surface area contributed by atoms with Crippen LogP contribution in [0.5, 0.6) is 0 Å². The van der Waals surface area contributed by atoms with Crippen LogP contribution in [0.4, 0.5) is 0 Å². The molecule has 1 atom stereocenters. The number of nitrogens with two attached hydrogens (primary N) is 1. The van der Waals surface area contributed by atoms with Crippen molar-refractivity contribution in [3.63, 3.8) is 0 Å². The van der Waals surface area contributed by atoms with E-state index >= 15 is 0 Å². The Morgan fingerprint density at radius 2 is 2.19 bits per heavy atom. The average Bonchev–Trinajstić information content (AvgIpc) is 3.04. The predicted molar refractivity (Wildman–Crippen MR) is 69.2 cm³/mol. The van der Waals surface area contributed by atoms with Gasteiger partial charge in [0.05, 0.1) is 0 Å². The van der Waals surface area contributed by atoms with Crippen LogP contribution < -0.4 is 11.3 Å². The Morgan fingerprint density at radius 3 is 2.94 bits per heavy atom. The van der Waals surface area contributed by atoms with Crippen molar-refractivity contribution in [3.8, 4) is 0 Å². The highest BCUT2D eigenvalue weighted by molar-refractivity contribution is 7.17. The van der Waals surface area contributed by atoms with Crippen LogP contribution >= 0.6 is 11.3 Å². The van der Waals surface area contributed by atoms with E-state index < -0.39 is 0 Å². The molecule has 0 aliphatic heterocycles. The van der Waals surface area contributed by atoms with Gasteiger partial charge in [-0.2, -0.15) is 0 Å². The highest BCUT2D eigenvalue weighted by Gasteiger charge is 2.26. The molecular weight excluding hydrogens is 216 g/mol. The first kappa shape index (κ1) is 10.3. The minimum Gasteiger partial charge on any atom is -0.271 e. The normalized spacial score (nSPS) is 17.8. The van der Waals surface area contributed by atoms with Gasteiger partial charge in [0.15, 0.2) is 0 Å². The Balaban J connectivity index is 1.95. The second-order valence-electron chi connectivity index (χ2n) is 4.59. The molecule has 0 spiro atoms. The van der Waals surface area contributed by atoms with Crippen LogP contribution in [0.2, 0.25) is 0 Å². The quantitative estimate of drug-likeness (QED) is 0.627. The first-order valence-corrected chi connectivity index (χ1v) is 6.68. The van der Waals surface area contributed by atoms with Crippen molar-refractivity contribution in [2.75, 3.05) is 0 Å². The summed E-state index contributed by atoms with van der Waals surface area (Å²) in [5.41, 5.74) is 4.34. The van der Waals surface area contributed by atoms with Crippen LogP contribution in [-0.4, -0.2) is 0 Å². The van der Waals surface area contributed by atoms with E-state index in [-0.39, 0.29) is 0 Å². The Labute approximate surface area is 99.4 Å². The Bertz CT molecular complexity index is 487. The third-order valence-corrected chi connectivity index (χ3v) is 4.34. The fourth-order valence-electron chi connectivity index (χ4n) is 2.24. The highest BCUT2D eigenvalue weighted by atomic mass is 32.1. The first-order chi connectivity index (χ1) is 7.88. The molecule has 84 valence electrons. The van der Waals surface area contributed by atoms with Crippen molar-refractivity contribution in [2.24, 2.45) is 11.8 Å². The van der Waals surface area contributed by atoms with Crippen molar-refractivity contribution in [1.82, 2.24) is 5.43 Å². The van der Waals surface area contributed by atoms with E-state index in [0.29, 0.717) is 6.04 Å². The Morgan fingerprint density at radius 1 is 1.38 bits per heavy atom. The molecule has 1 aliphatic carbocycles. The summed E-state index contributed by atoms with van der Waals surface area (Å²) in [6.45, 7) is 0. The molecule has 0 radical (unpaired) electrons. The molecule has 1 aromatic heterocycles. The van der Waals surface area contributed by atoms with Crippen molar-refractivity contribution in [1.29, 1.82) is 0 Å². The zero-order valence-electron chi connectivity index (χ0n) is 9.15. The van der Waals surface area contributed by atoms with Crippen LogP contribution in [0.25, 0.3) is 10.1 Å². The molecule has 1 saturated carbocycles. The van der Waals surface area contributed by atoms with Gasteiger partial charge in [0.1, 0.15) is 0 Å². The third kappa shape index (κ3) is 1.86. The van der Waals surface area contributed by atoms with Crippen molar-refractivity contribution >= 4 is 21.4 Å². The van der Waals surface area contributed by atoms with E-state index in [2.05, 4.69) is 35.1 Å². The lowest BCUT2D eigenvalue weighted by Crippen LogP contribution is -2.28. The maximum Gasteiger partial charge on any atom is 0.0477 e. The fraction of sp³-hybridized carbons (Fsp3) is 0.385. The number of fused-ring (bicyclic) bond motifs is 1. The molecular formula is C13H16N2S. The van der Waals surface area contributed by atoms with Gasteiger partial charge in [0.25, 0.3) is 0 Å².